The molecule has 0 atom stereocenters. The van der Waals surface area contributed by atoms with Gasteiger partial charge >= 0.3 is 0 Å². The van der Waals surface area contributed by atoms with Crippen molar-refractivity contribution in [3.63, 3.8) is 0 Å². The molecule has 0 fully saturated rings. The molecule has 0 saturated carbocycles. The summed E-state index contributed by atoms with van der Waals surface area (Å²) in [6.45, 7) is 1.36. The number of hydrogen-bond donors (Lipinski definition) is 0. The van der Waals surface area contributed by atoms with E-state index in [2.05, 4.69) is 0 Å². The number of halogens is 2. The third kappa shape index (κ3) is 2.00. The summed E-state index contributed by atoms with van der Waals surface area (Å²) in [5, 5.41) is 9.27. The standard InChI is InChI=1S/C9H5Cl2NO/c1-5(13)7-2-6(10)3-9(11)8(7)4-12/h2-3H,1H3. The van der Waals surface area contributed by atoms with Gasteiger partial charge in [0.25, 0.3) is 0 Å². The smallest absolute Gasteiger partial charge is 0.161 e. The molecule has 1 rings (SSSR count). The van der Waals surface area contributed by atoms with Crippen LogP contribution in [0.4, 0.5) is 0 Å². The molecule has 0 aliphatic heterocycles. The lowest BCUT2D eigenvalue weighted by atomic mass is 10.1. The fourth-order valence-electron chi connectivity index (χ4n) is 0.965. The van der Waals surface area contributed by atoms with Crippen LogP contribution in [0.3, 0.4) is 0 Å². The summed E-state index contributed by atoms with van der Waals surface area (Å²) in [4.78, 5) is 11.1. The van der Waals surface area contributed by atoms with Gasteiger partial charge in [0, 0.05) is 10.6 Å². The Balaban J connectivity index is 3.50. The summed E-state index contributed by atoms with van der Waals surface area (Å²) in [5.41, 5.74) is 0.443. The Hall–Kier alpha value is -1.04. The van der Waals surface area contributed by atoms with Crippen LogP contribution in [0.1, 0.15) is 22.8 Å². The average Bonchev–Trinajstić information content (AvgIpc) is 2.02. The van der Waals surface area contributed by atoms with E-state index in [1.807, 2.05) is 6.07 Å². The van der Waals surface area contributed by atoms with E-state index in [0.29, 0.717) is 5.02 Å². The van der Waals surface area contributed by atoms with Crippen LogP contribution in [0.15, 0.2) is 12.1 Å². The van der Waals surface area contributed by atoms with Crippen molar-refractivity contribution in [1.29, 1.82) is 5.26 Å². The molecule has 0 radical (unpaired) electrons. The monoisotopic (exact) mass is 213 g/mol. The first-order valence-corrected chi connectivity index (χ1v) is 4.22. The first-order valence-electron chi connectivity index (χ1n) is 3.46. The van der Waals surface area contributed by atoms with Gasteiger partial charge in [0.05, 0.1) is 10.6 Å². The Kier molecular flexibility index (Phi) is 2.92. The van der Waals surface area contributed by atoms with Crippen molar-refractivity contribution in [1.82, 2.24) is 0 Å². The topological polar surface area (TPSA) is 40.9 Å². The lowest BCUT2D eigenvalue weighted by Gasteiger charge is -2.02. The summed E-state index contributed by atoms with van der Waals surface area (Å²) in [7, 11) is 0. The Bertz CT molecular complexity index is 407. The predicted molar refractivity (Wildman–Crippen MR) is 51.2 cm³/mol. The molecule has 0 aromatic heterocycles. The van der Waals surface area contributed by atoms with Crippen LogP contribution < -0.4 is 0 Å². The maximum absolute atomic E-state index is 11.1. The van der Waals surface area contributed by atoms with Crippen molar-refractivity contribution < 1.29 is 4.79 Å². The van der Waals surface area contributed by atoms with E-state index in [-0.39, 0.29) is 21.9 Å². The normalized spacial score (nSPS) is 9.38. The van der Waals surface area contributed by atoms with Crippen LogP contribution in [-0.2, 0) is 0 Å². The van der Waals surface area contributed by atoms with E-state index in [9.17, 15) is 4.79 Å². The van der Waals surface area contributed by atoms with Crippen LogP contribution in [0.25, 0.3) is 0 Å². The highest BCUT2D eigenvalue weighted by Crippen LogP contribution is 2.24. The minimum Gasteiger partial charge on any atom is -0.294 e. The zero-order valence-electron chi connectivity index (χ0n) is 6.77. The van der Waals surface area contributed by atoms with Crippen LogP contribution in [-0.4, -0.2) is 5.78 Å². The molecule has 1 aromatic rings. The molecule has 2 nitrogen and oxygen atoms in total. The first kappa shape index (κ1) is 10.0. The minimum atomic E-state index is -0.221. The number of benzene rings is 1. The first-order chi connectivity index (χ1) is 6.06. The van der Waals surface area contributed by atoms with Gasteiger partial charge in [-0.05, 0) is 19.1 Å². The summed E-state index contributed by atoms with van der Waals surface area (Å²) in [5.74, 6) is -0.221. The summed E-state index contributed by atoms with van der Waals surface area (Å²) < 4.78 is 0. The van der Waals surface area contributed by atoms with Crippen molar-refractivity contribution in [3.05, 3.63) is 33.3 Å². The maximum Gasteiger partial charge on any atom is 0.161 e. The number of rotatable bonds is 1. The molecule has 0 aliphatic rings. The van der Waals surface area contributed by atoms with Crippen LogP contribution in [0.5, 0.6) is 0 Å². The third-order valence-electron chi connectivity index (χ3n) is 1.55. The molecule has 0 saturated heterocycles. The van der Waals surface area contributed by atoms with E-state index in [4.69, 9.17) is 28.5 Å². The number of carbonyl (C=O) groups excluding carboxylic acids is 1. The van der Waals surface area contributed by atoms with Crippen LogP contribution >= 0.6 is 23.2 Å². The number of nitriles is 1. The van der Waals surface area contributed by atoms with E-state index in [0.717, 1.165) is 0 Å². The average molecular weight is 214 g/mol. The fraction of sp³-hybridized carbons (Fsp3) is 0.111. The highest BCUT2D eigenvalue weighted by atomic mass is 35.5. The molecule has 0 bridgehead atoms. The van der Waals surface area contributed by atoms with Gasteiger partial charge in [-0.25, -0.2) is 0 Å². The van der Waals surface area contributed by atoms with Crippen LogP contribution in [0.2, 0.25) is 10.0 Å². The second-order valence-electron chi connectivity index (χ2n) is 2.48. The number of ketones is 1. The molecule has 0 aliphatic carbocycles. The van der Waals surface area contributed by atoms with E-state index < -0.39 is 0 Å². The lowest BCUT2D eigenvalue weighted by molar-refractivity contribution is 0.101. The number of Topliss-reactive ketones (excluding diaryl/α,β-unsaturated/α-hetero) is 1. The SMILES string of the molecule is CC(=O)c1cc(Cl)cc(Cl)c1C#N. The van der Waals surface area contributed by atoms with Crippen molar-refractivity contribution in [2.75, 3.05) is 0 Å². The number of carbonyl (C=O) groups is 1. The molecule has 4 heteroatoms. The molecule has 0 N–H and O–H groups in total. The Morgan fingerprint density at radius 2 is 2.08 bits per heavy atom. The van der Waals surface area contributed by atoms with Gasteiger partial charge in [0.15, 0.2) is 5.78 Å². The van der Waals surface area contributed by atoms with Gasteiger partial charge in [0.2, 0.25) is 0 Å². The largest absolute Gasteiger partial charge is 0.294 e. The fourth-order valence-corrected chi connectivity index (χ4v) is 1.50. The zero-order chi connectivity index (χ0) is 10.0. The number of nitrogens with zero attached hydrogens (tertiary/aromatic N) is 1. The van der Waals surface area contributed by atoms with Gasteiger partial charge < -0.3 is 0 Å². The van der Waals surface area contributed by atoms with Crippen molar-refractivity contribution >= 4 is 29.0 Å². The van der Waals surface area contributed by atoms with Gasteiger partial charge in [-0.2, -0.15) is 5.26 Å². The van der Waals surface area contributed by atoms with Gasteiger partial charge in [-0.15, -0.1) is 0 Å². The van der Waals surface area contributed by atoms with Gasteiger partial charge in [0.1, 0.15) is 6.07 Å². The molecule has 66 valence electrons. The van der Waals surface area contributed by atoms with E-state index >= 15 is 0 Å². The molecular formula is C9H5Cl2NO. The molecule has 0 unspecified atom stereocenters. The Labute approximate surface area is 85.7 Å². The second-order valence-corrected chi connectivity index (χ2v) is 3.32. The van der Waals surface area contributed by atoms with Crippen molar-refractivity contribution in [2.45, 2.75) is 6.92 Å². The lowest BCUT2D eigenvalue weighted by Crippen LogP contribution is -1.97. The summed E-state index contributed by atoms with van der Waals surface area (Å²) in [6.07, 6.45) is 0. The highest BCUT2D eigenvalue weighted by molar-refractivity contribution is 6.36. The molecule has 13 heavy (non-hydrogen) atoms. The minimum absolute atomic E-state index is 0.179. The summed E-state index contributed by atoms with van der Waals surface area (Å²) >= 11 is 11.4. The summed E-state index contributed by atoms with van der Waals surface area (Å²) in [6, 6.07) is 4.74. The van der Waals surface area contributed by atoms with Gasteiger partial charge in [-0.1, -0.05) is 23.2 Å². The van der Waals surface area contributed by atoms with E-state index in [1.54, 1.807) is 0 Å². The molecule has 1 aromatic carbocycles. The molecule has 0 spiro atoms. The molecule has 0 heterocycles. The number of hydrogen-bond acceptors (Lipinski definition) is 2. The van der Waals surface area contributed by atoms with Gasteiger partial charge in [-0.3, -0.25) is 4.79 Å². The van der Waals surface area contributed by atoms with E-state index in [1.165, 1.54) is 19.1 Å². The quantitative estimate of drug-likeness (QED) is 0.674. The van der Waals surface area contributed by atoms with Crippen molar-refractivity contribution in [2.24, 2.45) is 0 Å². The maximum atomic E-state index is 11.1. The highest BCUT2D eigenvalue weighted by Gasteiger charge is 2.11. The predicted octanol–water partition coefficient (Wildman–Crippen LogP) is 3.07. The molecular weight excluding hydrogens is 209 g/mol. The van der Waals surface area contributed by atoms with Crippen molar-refractivity contribution in [3.8, 4) is 6.07 Å². The second kappa shape index (κ2) is 3.78. The Morgan fingerprint density at radius 1 is 1.46 bits per heavy atom. The zero-order valence-corrected chi connectivity index (χ0v) is 8.28. The molecule has 0 amide bonds. The third-order valence-corrected chi connectivity index (χ3v) is 2.06. The Morgan fingerprint density at radius 3 is 2.54 bits per heavy atom. The van der Waals surface area contributed by atoms with Crippen LogP contribution in [0, 0.1) is 11.3 Å².